The molecular formula is C55H44S. The predicted octanol–water partition coefficient (Wildman–Crippen LogP) is 11.9. The van der Waals surface area contributed by atoms with Crippen LogP contribution in [0.5, 0.6) is 0 Å². The zero-order valence-electron chi connectivity index (χ0n) is 32.1. The van der Waals surface area contributed by atoms with Gasteiger partial charge in [0, 0.05) is 25.6 Å². The average molecular weight is 737 g/mol. The largest absolute Gasteiger partial charge is 0.135 e. The van der Waals surface area contributed by atoms with Crippen LogP contribution in [0.2, 0.25) is 0 Å². The molecule has 2 aliphatic rings. The second-order valence-corrected chi connectivity index (χ2v) is 16.5. The van der Waals surface area contributed by atoms with Gasteiger partial charge in [0.25, 0.3) is 0 Å². The van der Waals surface area contributed by atoms with E-state index in [9.17, 15) is 0 Å². The second kappa shape index (κ2) is 14.4. The second-order valence-electron chi connectivity index (χ2n) is 15.4. The van der Waals surface area contributed by atoms with Crippen molar-refractivity contribution >= 4 is 72.5 Å². The minimum atomic E-state index is -0.170. The van der Waals surface area contributed by atoms with E-state index in [0.717, 1.165) is 61.6 Å². The van der Waals surface area contributed by atoms with Crippen molar-refractivity contribution in [3.63, 3.8) is 0 Å². The van der Waals surface area contributed by atoms with Gasteiger partial charge in [-0.1, -0.05) is 167 Å². The van der Waals surface area contributed by atoms with Gasteiger partial charge >= 0.3 is 0 Å². The van der Waals surface area contributed by atoms with E-state index >= 15 is 0 Å². The van der Waals surface area contributed by atoms with Crippen LogP contribution >= 0.6 is 11.3 Å². The van der Waals surface area contributed by atoms with Gasteiger partial charge in [0.15, 0.2) is 0 Å². The summed E-state index contributed by atoms with van der Waals surface area (Å²) < 4.78 is 2.60. The van der Waals surface area contributed by atoms with E-state index in [1.54, 1.807) is 0 Å². The number of benzene rings is 6. The molecule has 0 aliphatic heterocycles. The van der Waals surface area contributed by atoms with Gasteiger partial charge in [-0.15, -0.1) is 11.3 Å². The molecule has 0 fully saturated rings. The Morgan fingerprint density at radius 2 is 1.32 bits per heavy atom. The van der Waals surface area contributed by atoms with Crippen LogP contribution in [-0.2, 0) is 5.41 Å². The van der Waals surface area contributed by atoms with Gasteiger partial charge in [-0.2, -0.15) is 0 Å². The van der Waals surface area contributed by atoms with Gasteiger partial charge in [0.1, 0.15) is 0 Å². The molecule has 1 heteroatoms. The molecule has 7 aromatic rings. The van der Waals surface area contributed by atoms with Crippen LogP contribution < -0.4 is 20.9 Å². The highest BCUT2D eigenvalue weighted by Gasteiger charge is 2.35. The first-order chi connectivity index (χ1) is 27.3. The Morgan fingerprint density at radius 1 is 0.643 bits per heavy atom. The van der Waals surface area contributed by atoms with E-state index in [2.05, 4.69) is 191 Å². The Bertz CT molecular complexity index is 3090. The van der Waals surface area contributed by atoms with Crippen molar-refractivity contribution in [1.29, 1.82) is 0 Å². The fraction of sp³-hybridized carbons (Fsp3) is 0.0909. The molecule has 0 saturated heterocycles. The van der Waals surface area contributed by atoms with E-state index in [1.165, 1.54) is 53.6 Å². The zero-order chi connectivity index (χ0) is 38.4. The Labute approximate surface area is 333 Å². The van der Waals surface area contributed by atoms with E-state index in [1.807, 2.05) is 17.4 Å². The lowest BCUT2D eigenvalue weighted by atomic mass is 9.76. The third kappa shape index (κ3) is 6.29. The van der Waals surface area contributed by atoms with Crippen LogP contribution in [0.4, 0.5) is 0 Å². The Balaban J connectivity index is 1.26. The number of hydrogen-bond donors (Lipinski definition) is 0. The molecule has 2 aliphatic carbocycles. The molecule has 270 valence electrons. The van der Waals surface area contributed by atoms with Crippen molar-refractivity contribution in [1.82, 2.24) is 0 Å². The van der Waals surface area contributed by atoms with Crippen LogP contribution in [0.3, 0.4) is 0 Å². The van der Waals surface area contributed by atoms with Gasteiger partial charge in [-0.05, 0) is 131 Å². The zero-order valence-corrected chi connectivity index (χ0v) is 32.9. The Kier molecular flexibility index (Phi) is 9.12. The number of thiophene rings is 1. The molecule has 0 atom stereocenters. The molecular weight excluding hydrogens is 693 g/mol. The van der Waals surface area contributed by atoms with Crippen LogP contribution in [0, 0.1) is 0 Å². The molecule has 0 bridgehead atoms. The van der Waals surface area contributed by atoms with Gasteiger partial charge in [0.2, 0.25) is 0 Å². The predicted molar refractivity (Wildman–Crippen MR) is 246 cm³/mol. The first-order valence-corrected chi connectivity index (χ1v) is 20.3. The standard InChI is InChI=1S/C55H44S/c1-36-31-41(39-19-9-8-10-20-39)30-29-40(36)32-37(2)43-22-11-6-7-12-23-44(46-25-15-14-24-45(43)46)38(3)48-34-50-47-26-16-18-28-53(47)56-54(50)35-49(48)52-33-42-21-13-17-27-51(42)55(52,4)5/h8-35H,1-3,6-7H2,4-5H3/b22-11+,23-12+,40-32-,45-43+,46-44+. The minimum Gasteiger partial charge on any atom is -0.135 e. The summed E-state index contributed by atoms with van der Waals surface area (Å²) in [6.45, 7) is 18.8. The smallest absolute Gasteiger partial charge is 0.0361 e. The maximum atomic E-state index is 4.98. The molecule has 9 rings (SSSR count). The summed E-state index contributed by atoms with van der Waals surface area (Å²) in [6, 6.07) is 48.2. The van der Waals surface area contributed by atoms with Crippen molar-refractivity contribution in [2.24, 2.45) is 0 Å². The van der Waals surface area contributed by atoms with Gasteiger partial charge < -0.3 is 0 Å². The summed E-state index contributed by atoms with van der Waals surface area (Å²) in [7, 11) is 0. The third-order valence-corrected chi connectivity index (χ3v) is 12.7. The molecule has 0 amide bonds. The fourth-order valence-corrected chi connectivity index (χ4v) is 9.70. The normalized spacial score (nSPS) is 18.2. The van der Waals surface area contributed by atoms with Gasteiger partial charge in [-0.25, -0.2) is 0 Å². The number of fused-ring (bicyclic) bond motifs is 5. The number of allylic oxidation sites excluding steroid dienone is 7. The SMILES string of the molecule is C=C(/C=c1/ccc(-c2ccccc2)cc1=C)C1=c2\cccc\c2=C(C(=C)c2cc3c(cc2C2=Cc4ccccc4C2(C)C)sc2ccccc23)\C=C\CC\C=C\1. The highest BCUT2D eigenvalue weighted by atomic mass is 32.1. The lowest BCUT2D eigenvalue weighted by molar-refractivity contribution is 0.704. The molecule has 0 N–H and O–H groups in total. The summed E-state index contributed by atoms with van der Waals surface area (Å²) in [4.78, 5) is 0. The highest BCUT2D eigenvalue weighted by Crippen LogP contribution is 2.50. The summed E-state index contributed by atoms with van der Waals surface area (Å²) in [5.74, 6) is 0. The average Bonchev–Trinajstić information content (AvgIpc) is 3.72. The lowest BCUT2D eigenvalue weighted by Crippen LogP contribution is -2.30. The molecule has 56 heavy (non-hydrogen) atoms. The number of hydrogen-bond acceptors (Lipinski definition) is 1. The van der Waals surface area contributed by atoms with Crippen molar-refractivity contribution in [2.45, 2.75) is 32.1 Å². The molecule has 0 spiro atoms. The Hall–Kier alpha value is -6.28. The van der Waals surface area contributed by atoms with Gasteiger partial charge in [0.05, 0.1) is 0 Å². The van der Waals surface area contributed by atoms with E-state index in [4.69, 9.17) is 6.58 Å². The van der Waals surface area contributed by atoms with Crippen LogP contribution in [-0.4, -0.2) is 0 Å². The third-order valence-electron chi connectivity index (χ3n) is 11.6. The molecule has 0 radical (unpaired) electrons. The Morgan fingerprint density at radius 3 is 2.09 bits per heavy atom. The summed E-state index contributed by atoms with van der Waals surface area (Å²) in [5.41, 5.74) is 12.8. The molecule has 0 nitrogen and oxygen atoms in total. The maximum absolute atomic E-state index is 4.98. The van der Waals surface area contributed by atoms with E-state index in [0.29, 0.717) is 0 Å². The molecule has 1 heterocycles. The molecule has 6 aromatic carbocycles. The van der Waals surface area contributed by atoms with Crippen LogP contribution in [0.1, 0.15) is 48.9 Å². The summed E-state index contributed by atoms with van der Waals surface area (Å²) >= 11 is 1.87. The molecule has 1 aromatic heterocycles. The van der Waals surface area contributed by atoms with Crippen molar-refractivity contribution in [3.8, 4) is 11.1 Å². The van der Waals surface area contributed by atoms with Crippen molar-refractivity contribution in [3.05, 3.63) is 220 Å². The quantitative estimate of drug-likeness (QED) is 0.159. The lowest BCUT2D eigenvalue weighted by Gasteiger charge is -2.27. The van der Waals surface area contributed by atoms with Crippen LogP contribution in [0.15, 0.2) is 176 Å². The van der Waals surface area contributed by atoms with E-state index < -0.39 is 0 Å². The van der Waals surface area contributed by atoms with E-state index in [-0.39, 0.29) is 5.41 Å². The minimum absolute atomic E-state index is 0.170. The summed E-state index contributed by atoms with van der Waals surface area (Å²) in [6.07, 6.45) is 15.6. The number of rotatable bonds is 6. The maximum Gasteiger partial charge on any atom is 0.0361 e. The first kappa shape index (κ1) is 35.4. The monoisotopic (exact) mass is 736 g/mol. The van der Waals surface area contributed by atoms with Crippen molar-refractivity contribution < 1.29 is 0 Å². The van der Waals surface area contributed by atoms with Crippen LogP contribution in [0.25, 0.3) is 72.3 Å². The highest BCUT2D eigenvalue weighted by molar-refractivity contribution is 7.25. The molecule has 0 unspecified atom stereocenters. The molecule has 0 saturated carbocycles. The van der Waals surface area contributed by atoms with Gasteiger partial charge in [-0.3, -0.25) is 0 Å². The topological polar surface area (TPSA) is 0 Å². The first-order valence-electron chi connectivity index (χ1n) is 19.5. The van der Waals surface area contributed by atoms with Crippen molar-refractivity contribution in [2.75, 3.05) is 0 Å². The summed E-state index contributed by atoms with van der Waals surface area (Å²) in [5, 5.41) is 6.88. The fourth-order valence-electron chi connectivity index (χ4n) is 8.57.